The first-order valence-corrected chi connectivity index (χ1v) is 12.4. The van der Waals surface area contributed by atoms with Crippen molar-refractivity contribution in [3.63, 3.8) is 0 Å². The van der Waals surface area contributed by atoms with Crippen LogP contribution < -0.4 is 15.4 Å². The van der Waals surface area contributed by atoms with E-state index in [4.69, 9.17) is 9.15 Å². The Morgan fingerprint density at radius 3 is 2.62 bits per heavy atom. The van der Waals surface area contributed by atoms with Crippen molar-refractivity contribution in [2.45, 2.75) is 39.3 Å². The van der Waals surface area contributed by atoms with Gasteiger partial charge in [0.1, 0.15) is 35.4 Å². The number of methoxy groups -OCH3 is 1. The van der Waals surface area contributed by atoms with Crippen LogP contribution in [-0.2, 0) is 24.2 Å². The first-order valence-electron chi connectivity index (χ1n) is 12.4. The fourth-order valence-electron chi connectivity index (χ4n) is 4.22. The highest BCUT2D eigenvalue weighted by atomic mass is 19.1. The fraction of sp³-hybridized carbons (Fsp3) is 0.241. The molecule has 1 amide bonds. The maximum Gasteiger partial charge on any atom is 0.326 e. The van der Waals surface area contributed by atoms with Crippen molar-refractivity contribution in [1.82, 2.24) is 15.3 Å². The molecule has 10 heteroatoms. The van der Waals surface area contributed by atoms with Gasteiger partial charge in [-0.1, -0.05) is 31.2 Å². The smallest absolute Gasteiger partial charge is 0.326 e. The number of rotatable bonds is 11. The van der Waals surface area contributed by atoms with E-state index in [-0.39, 0.29) is 6.42 Å². The van der Waals surface area contributed by atoms with E-state index < -0.39 is 23.7 Å². The van der Waals surface area contributed by atoms with Crippen LogP contribution in [0.3, 0.4) is 0 Å². The van der Waals surface area contributed by atoms with Gasteiger partial charge >= 0.3 is 5.97 Å². The van der Waals surface area contributed by atoms with Crippen molar-refractivity contribution in [2.24, 2.45) is 0 Å². The van der Waals surface area contributed by atoms with Gasteiger partial charge in [-0.3, -0.25) is 4.79 Å². The fourth-order valence-corrected chi connectivity index (χ4v) is 4.22. The highest BCUT2D eigenvalue weighted by molar-refractivity contribution is 5.99. The molecule has 2 heterocycles. The summed E-state index contributed by atoms with van der Waals surface area (Å²) in [5, 5.41) is 15.5. The summed E-state index contributed by atoms with van der Waals surface area (Å²) in [5.74, 6) is -0.360. The van der Waals surface area contributed by atoms with E-state index in [0.29, 0.717) is 58.4 Å². The number of nitrogens with one attached hydrogen (secondary N) is 2. The molecule has 1 atom stereocenters. The van der Waals surface area contributed by atoms with E-state index in [0.717, 1.165) is 5.56 Å². The lowest BCUT2D eigenvalue weighted by molar-refractivity contribution is -0.139. The largest absolute Gasteiger partial charge is 0.497 e. The second-order valence-corrected chi connectivity index (χ2v) is 8.94. The number of nitrogens with zero attached hydrogens (tertiary/aromatic N) is 2. The van der Waals surface area contributed by atoms with Crippen LogP contribution in [0, 0.1) is 12.7 Å². The average molecular weight is 533 g/mol. The highest BCUT2D eigenvalue weighted by Crippen LogP contribution is 2.22. The molecule has 2 aromatic heterocycles. The molecular formula is C29H29FN4O5. The van der Waals surface area contributed by atoms with Gasteiger partial charge in [0, 0.05) is 29.8 Å². The summed E-state index contributed by atoms with van der Waals surface area (Å²) in [6.45, 7) is 3.77. The Morgan fingerprint density at radius 1 is 1.15 bits per heavy atom. The SMILES string of the molecule is CCc1cc(F)cc(C)c1C(=O)NC(Cc1ccc(-c2coc(CNc3cc(OC)ccn3)n2)cc1)C(=O)O. The summed E-state index contributed by atoms with van der Waals surface area (Å²) in [5.41, 5.74) is 3.42. The van der Waals surface area contributed by atoms with E-state index in [1.807, 2.05) is 19.1 Å². The zero-order valence-corrected chi connectivity index (χ0v) is 21.8. The lowest BCUT2D eigenvalue weighted by atomic mass is 9.98. The zero-order valence-electron chi connectivity index (χ0n) is 21.8. The van der Waals surface area contributed by atoms with Gasteiger partial charge in [-0.2, -0.15) is 0 Å². The first-order chi connectivity index (χ1) is 18.8. The molecule has 0 saturated carbocycles. The number of carboxylic acid groups (broad SMARTS) is 1. The minimum absolute atomic E-state index is 0.0740. The van der Waals surface area contributed by atoms with Crippen LogP contribution in [0.25, 0.3) is 11.3 Å². The molecular weight excluding hydrogens is 503 g/mol. The van der Waals surface area contributed by atoms with Gasteiger partial charge in [0.05, 0.1) is 13.7 Å². The highest BCUT2D eigenvalue weighted by Gasteiger charge is 2.24. The van der Waals surface area contributed by atoms with Gasteiger partial charge in [0.25, 0.3) is 5.91 Å². The summed E-state index contributed by atoms with van der Waals surface area (Å²) in [7, 11) is 1.58. The number of anilines is 1. The second-order valence-electron chi connectivity index (χ2n) is 8.94. The van der Waals surface area contributed by atoms with Gasteiger partial charge in [-0.15, -0.1) is 0 Å². The lowest BCUT2D eigenvalue weighted by Gasteiger charge is -2.17. The van der Waals surface area contributed by atoms with Crippen LogP contribution in [0.4, 0.5) is 10.2 Å². The number of aromatic nitrogens is 2. The number of aryl methyl sites for hydroxylation is 2. The zero-order chi connectivity index (χ0) is 27.9. The van der Waals surface area contributed by atoms with Crippen LogP contribution in [0.15, 0.2) is 65.4 Å². The molecule has 2 aromatic carbocycles. The van der Waals surface area contributed by atoms with Crippen LogP contribution in [0.5, 0.6) is 5.75 Å². The number of carbonyl (C=O) groups is 2. The molecule has 0 aliphatic carbocycles. The van der Waals surface area contributed by atoms with Crippen molar-refractivity contribution in [3.05, 3.63) is 95.0 Å². The molecule has 0 bridgehead atoms. The summed E-state index contributed by atoms with van der Waals surface area (Å²) >= 11 is 0. The predicted molar refractivity (Wildman–Crippen MR) is 143 cm³/mol. The van der Waals surface area contributed by atoms with Crippen LogP contribution in [0.2, 0.25) is 0 Å². The Balaban J connectivity index is 1.40. The standard InChI is InChI=1S/C29H29FN4O5/c1-4-19-13-21(30)11-17(2)27(19)28(35)34-23(29(36)37)12-18-5-7-20(8-6-18)24-16-39-26(33-24)15-32-25-14-22(38-3)9-10-31-25/h5-11,13-14,16,23H,4,12,15H2,1-3H3,(H,31,32)(H,34,35)(H,36,37). The predicted octanol–water partition coefficient (Wildman–Crippen LogP) is 4.79. The molecule has 0 aliphatic heterocycles. The monoisotopic (exact) mass is 532 g/mol. The summed E-state index contributed by atoms with van der Waals surface area (Å²) in [6, 6.07) is 12.1. The van der Waals surface area contributed by atoms with E-state index in [1.165, 1.54) is 12.1 Å². The Kier molecular flexibility index (Phi) is 8.55. The normalized spacial score (nSPS) is 11.6. The molecule has 202 valence electrons. The quantitative estimate of drug-likeness (QED) is 0.252. The van der Waals surface area contributed by atoms with E-state index in [2.05, 4.69) is 20.6 Å². The molecule has 0 aliphatic rings. The summed E-state index contributed by atoms with van der Waals surface area (Å²) < 4.78 is 24.5. The molecule has 0 radical (unpaired) electrons. The number of hydrogen-bond donors (Lipinski definition) is 3. The van der Waals surface area contributed by atoms with E-state index in [9.17, 15) is 19.1 Å². The minimum Gasteiger partial charge on any atom is -0.497 e. The van der Waals surface area contributed by atoms with Crippen molar-refractivity contribution in [2.75, 3.05) is 12.4 Å². The summed E-state index contributed by atoms with van der Waals surface area (Å²) in [6.07, 6.45) is 3.70. The maximum absolute atomic E-state index is 13.8. The van der Waals surface area contributed by atoms with Gasteiger partial charge in [0.15, 0.2) is 0 Å². The third-order valence-corrected chi connectivity index (χ3v) is 6.22. The minimum atomic E-state index is -1.16. The van der Waals surface area contributed by atoms with E-state index in [1.54, 1.807) is 50.8 Å². The molecule has 0 fully saturated rings. The number of benzene rings is 2. The number of ether oxygens (including phenoxy) is 1. The number of amides is 1. The number of carbonyl (C=O) groups excluding carboxylic acids is 1. The average Bonchev–Trinajstić information content (AvgIpc) is 3.40. The Morgan fingerprint density at radius 2 is 1.92 bits per heavy atom. The van der Waals surface area contributed by atoms with Crippen molar-refractivity contribution < 1.29 is 28.2 Å². The number of carboxylic acids is 1. The Hall–Kier alpha value is -4.73. The topological polar surface area (TPSA) is 127 Å². The molecule has 0 spiro atoms. The molecule has 4 rings (SSSR count). The van der Waals surface area contributed by atoms with Crippen molar-refractivity contribution in [1.29, 1.82) is 0 Å². The van der Waals surface area contributed by atoms with E-state index >= 15 is 0 Å². The number of hydrogen-bond acceptors (Lipinski definition) is 7. The first kappa shape index (κ1) is 27.3. The number of halogens is 1. The Bertz CT molecular complexity index is 1470. The molecule has 39 heavy (non-hydrogen) atoms. The molecule has 3 N–H and O–H groups in total. The van der Waals surface area contributed by atoms with Crippen LogP contribution >= 0.6 is 0 Å². The number of pyridine rings is 1. The van der Waals surface area contributed by atoms with Gasteiger partial charge in [-0.05, 0) is 48.2 Å². The van der Waals surface area contributed by atoms with Gasteiger partial charge in [0.2, 0.25) is 5.89 Å². The molecule has 0 saturated heterocycles. The molecule has 9 nitrogen and oxygen atoms in total. The van der Waals surface area contributed by atoms with Crippen LogP contribution in [0.1, 0.15) is 39.9 Å². The third kappa shape index (κ3) is 6.78. The number of aliphatic carboxylic acids is 1. The second kappa shape index (κ2) is 12.2. The molecule has 1 unspecified atom stereocenters. The molecule has 4 aromatic rings. The summed E-state index contributed by atoms with van der Waals surface area (Å²) in [4.78, 5) is 33.6. The van der Waals surface area contributed by atoms with Crippen LogP contribution in [-0.4, -0.2) is 40.1 Å². The third-order valence-electron chi connectivity index (χ3n) is 6.22. The van der Waals surface area contributed by atoms with Crippen molar-refractivity contribution in [3.8, 4) is 17.0 Å². The Labute approximate surface area is 225 Å². The number of oxazole rings is 1. The lowest BCUT2D eigenvalue weighted by Crippen LogP contribution is -2.42. The van der Waals surface area contributed by atoms with Crippen molar-refractivity contribution >= 4 is 17.7 Å². The van der Waals surface area contributed by atoms with Gasteiger partial charge in [-0.25, -0.2) is 19.2 Å². The van der Waals surface area contributed by atoms with Gasteiger partial charge < -0.3 is 24.9 Å². The maximum atomic E-state index is 13.8.